The van der Waals surface area contributed by atoms with Crippen molar-refractivity contribution in [1.82, 2.24) is 9.99 Å². The molecule has 146 valence electrons. The van der Waals surface area contributed by atoms with Gasteiger partial charge in [-0.3, -0.25) is 4.79 Å². The average molecular weight is 426 g/mol. The number of aromatic nitrogens is 1. The van der Waals surface area contributed by atoms with Gasteiger partial charge in [0.1, 0.15) is 5.58 Å². The number of carbonyl (C=O) groups is 1. The summed E-state index contributed by atoms with van der Waals surface area (Å²) in [6.07, 6.45) is 1.60. The van der Waals surface area contributed by atoms with Crippen LogP contribution in [0.1, 0.15) is 27.5 Å². The lowest BCUT2D eigenvalue weighted by molar-refractivity contribution is 0.0929. The van der Waals surface area contributed by atoms with Gasteiger partial charge in [-0.1, -0.05) is 41.4 Å². The average Bonchev–Trinajstić information content (AvgIpc) is 3.24. The monoisotopic (exact) mass is 425 g/mol. The maximum absolute atomic E-state index is 12.3. The molecule has 2 aromatic carbocycles. The summed E-state index contributed by atoms with van der Waals surface area (Å²) in [6.45, 7) is 3.93. The number of aryl methyl sites for hydroxylation is 1. The van der Waals surface area contributed by atoms with Crippen molar-refractivity contribution in [2.24, 2.45) is 5.10 Å². The fraction of sp³-hybridized carbons (Fsp3) is 0.0909. The van der Waals surface area contributed by atoms with Gasteiger partial charge >= 0.3 is 5.91 Å². The van der Waals surface area contributed by atoms with Gasteiger partial charge in [0.15, 0.2) is 5.76 Å². The molecule has 0 aliphatic rings. The molecule has 1 N–H and O–H groups in total. The second kappa shape index (κ2) is 7.78. The number of hydrazone groups is 1. The number of rotatable bonds is 4. The van der Waals surface area contributed by atoms with Gasteiger partial charge in [0, 0.05) is 27.4 Å². The minimum absolute atomic E-state index is 0.210. The van der Waals surface area contributed by atoms with E-state index in [2.05, 4.69) is 10.5 Å². The third-order valence-corrected chi connectivity index (χ3v) is 5.18. The Bertz CT molecular complexity index is 1220. The number of hydrogen-bond acceptors (Lipinski definition) is 3. The van der Waals surface area contributed by atoms with Crippen molar-refractivity contribution in [3.8, 4) is 5.69 Å². The van der Waals surface area contributed by atoms with E-state index in [1.807, 2.05) is 54.8 Å². The van der Waals surface area contributed by atoms with Crippen molar-refractivity contribution in [2.45, 2.75) is 13.8 Å². The number of amides is 1. The van der Waals surface area contributed by atoms with Gasteiger partial charge in [-0.2, -0.15) is 5.10 Å². The summed E-state index contributed by atoms with van der Waals surface area (Å²) in [5.74, 6) is -0.200. The Balaban J connectivity index is 1.55. The standard InChI is InChI=1S/C22H17Cl2N3O2/c1-13-9-16(14(2)27(13)19-8-7-17(23)11-18(19)24)12-25-26-22(28)21-10-15-5-3-4-6-20(15)29-21/h3-12H,1-2H3,(H,26,28)/b25-12+. The molecule has 2 aromatic heterocycles. The van der Waals surface area contributed by atoms with E-state index in [0.717, 1.165) is 28.0 Å². The summed E-state index contributed by atoms with van der Waals surface area (Å²) in [6, 6.07) is 16.5. The number of halogens is 2. The summed E-state index contributed by atoms with van der Waals surface area (Å²) >= 11 is 12.4. The minimum Gasteiger partial charge on any atom is -0.451 e. The van der Waals surface area contributed by atoms with Crippen molar-refractivity contribution < 1.29 is 9.21 Å². The Morgan fingerprint density at radius 1 is 1.10 bits per heavy atom. The topological polar surface area (TPSA) is 59.5 Å². The molecule has 0 spiro atoms. The van der Waals surface area contributed by atoms with Crippen LogP contribution in [0.25, 0.3) is 16.7 Å². The molecular formula is C22H17Cl2N3O2. The second-order valence-electron chi connectivity index (χ2n) is 6.61. The Labute approximate surface area is 177 Å². The molecular weight excluding hydrogens is 409 g/mol. The lowest BCUT2D eigenvalue weighted by Gasteiger charge is -2.11. The quantitative estimate of drug-likeness (QED) is 0.326. The molecule has 2 heterocycles. The fourth-order valence-electron chi connectivity index (χ4n) is 3.26. The number of benzene rings is 2. The molecule has 4 aromatic rings. The van der Waals surface area contributed by atoms with Crippen molar-refractivity contribution in [3.63, 3.8) is 0 Å². The van der Waals surface area contributed by atoms with Gasteiger partial charge in [0.25, 0.3) is 0 Å². The molecule has 0 unspecified atom stereocenters. The highest BCUT2D eigenvalue weighted by Crippen LogP contribution is 2.28. The molecule has 0 atom stereocenters. The number of nitrogens with one attached hydrogen (secondary N) is 1. The number of furan rings is 1. The zero-order valence-electron chi connectivity index (χ0n) is 15.7. The van der Waals surface area contributed by atoms with E-state index in [-0.39, 0.29) is 5.76 Å². The third-order valence-electron chi connectivity index (χ3n) is 4.64. The maximum atomic E-state index is 12.3. The molecule has 5 nitrogen and oxygen atoms in total. The van der Waals surface area contributed by atoms with Gasteiger partial charge in [0.2, 0.25) is 0 Å². The highest BCUT2D eigenvalue weighted by molar-refractivity contribution is 6.35. The number of hydrogen-bond donors (Lipinski definition) is 1. The van der Waals surface area contributed by atoms with Crippen molar-refractivity contribution >= 4 is 46.3 Å². The largest absolute Gasteiger partial charge is 0.451 e. The van der Waals surface area contributed by atoms with E-state index in [0.29, 0.717) is 15.6 Å². The Kier molecular flexibility index (Phi) is 5.18. The van der Waals surface area contributed by atoms with Crippen LogP contribution in [0.5, 0.6) is 0 Å². The van der Waals surface area contributed by atoms with Gasteiger partial charge in [0.05, 0.1) is 16.9 Å². The van der Waals surface area contributed by atoms with Gasteiger partial charge in [-0.05, 0) is 50.2 Å². The first-order chi connectivity index (χ1) is 13.9. The molecule has 0 bridgehead atoms. The van der Waals surface area contributed by atoms with Crippen LogP contribution in [0.15, 0.2) is 64.1 Å². The molecule has 0 aliphatic heterocycles. The van der Waals surface area contributed by atoms with Crippen LogP contribution in [-0.4, -0.2) is 16.7 Å². The van der Waals surface area contributed by atoms with Crippen LogP contribution in [0.3, 0.4) is 0 Å². The summed E-state index contributed by atoms with van der Waals surface area (Å²) in [5, 5.41) is 6.08. The van der Waals surface area contributed by atoms with E-state index in [4.69, 9.17) is 27.6 Å². The van der Waals surface area contributed by atoms with Crippen molar-refractivity contribution in [2.75, 3.05) is 0 Å². The van der Waals surface area contributed by atoms with Crippen LogP contribution >= 0.6 is 23.2 Å². The summed E-state index contributed by atoms with van der Waals surface area (Å²) in [5.41, 5.74) is 6.78. The van der Waals surface area contributed by atoms with Crippen LogP contribution in [-0.2, 0) is 0 Å². The van der Waals surface area contributed by atoms with E-state index in [9.17, 15) is 4.79 Å². The highest BCUT2D eigenvalue weighted by Gasteiger charge is 2.14. The first-order valence-corrected chi connectivity index (χ1v) is 9.66. The maximum Gasteiger partial charge on any atom is 0.307 e. The summed E-state index contributed by atoms with van der Waals surface area (Å²) in [7, 11) is 0. The van der Waals surface area contributed by atoms with E-state index in [1.165, 1.54) is 0 Å². The van der Waals surface area contributed by atoms with Crippen molar-refractivity contribution in [1.29, 1.82) is 0 Å². The van der Waals surface area contributed by atoms with Crippen LogP contribution in [0.4, 0.5) is 0 Å². The molecule has 29 heavy (non-hydrogen) atoms. The molecule has 0 aliphatic carbocycles. The van der Waals surface area contributed by atoms with E-state index < -0.39 is 5.91 Å². The van der Waals surface area contributed by atoms with Gasteiger partial charge in [-0.25, -0.2) is 5.43 Å². The third kappa shape index (κ3) is 3.79. The van der Waals surface area contributed by atoms with Gasteiger partial charge in [-0.15, -0.1) is 0 Å². The van der Waals surface area contributed by atoms with Crippen molar-refractivity contribution in [3.05, 3.63) is 87.4 Å². The van der Waals surface area contributed by atoms with Crippen LogP contribution in [0, 0.1) is 13.8 Å². The zero-order chi connectivity index (χ0) is 20.5. The predicted octanol–water partition coefficient (Wildman–Crippen LogP) is 5.91. The minimum atomic E-state index is -0.410. The molecule has 1 amide bonds. The van der Waals surface area contributed by atoms with Gasteiger partial charge < -0.3 is 8.98 Å². The number of fused-ring (bicyclic) bond motifs is 1. The Morgan fingerprint density at radius 2 is 1.90 bits per heavy atom. The molecule has 0 radical (unpaired) electrons. The smallest absolute Gasteiger partial charge is 0.307 e. The predicted molar refractivity (Wildman–Crippen MR) is 117 cm³/mol. The number of para-hydroxylation sites is 1. The normalized spacial score (nSPS) is 11.4. The second-order valence-corrected chi connectivity index (χ2v) is 7.45. The Morgan fingerprint density at radius 3 is 2.66 bits per heavy atom. The lowest BCUT2D eigenvalue weighted by atomic mass is 10.2. The molecule has 0 saturated carbocycles. The van der Waals surface area contributed by atoms with Crippen LogP contribution in [0.2, 0.25) is 10.0 Å². The summed E-state index contributed by atoms with van der Waals surface area (Å²) < 4.78 is 7.56. The number of nitrogens with zero attached hydrogens (tertiary/aromatic N) is 2. The Hall–Kier alpha value is -3.02. The lowest BCUT2D eigenvalue weighted by Crippen LogP contribution is -2.16. The van der Waals surface area contributed by atoms with E-state index >= 15 is 0 Å². The molecule has 0 fully saturated rings. The number of carbonyl (C=O) groups excluding carboxylic acids is 1. The molecule has 0 saturated heterocycles. The highest BCUT2D eigenvalue weighted by atomic mass is 35.5. The first-order valence-electron chi connectivity index (χ1n) is 8.90. The zero-order valence-corrected chi connectivity index (χ0v) is 17.3. The van der Waals surface area contributed by atoms with Crippen LogP contribution < -0.4 is 5.43 Å². The summed E-state index contributed by atoms with van der Waals surface area (Å²) in [4.78, 5) is 12.3. The molecule has 7 heteroatoms. The van der Waals surface area contributed by atoms with E-state index in [1.54, 1.807) is 24.4 Å². The first kappa shape index (κ1) is 19.3. The SMILES string of the molecule is Cc1cc(/C=N/NC(=O)c2cc3ccccc3o2)c(C)n1-c1ccc(Cl)cc1Cl. The fourth-order valence-corrected chi connectivity index (χ4v) is 3.75. The molecule has 4 rings (SSSR count).